The van der Waals surface area contributed by atoms with Gasteiger partial charge in [0.05, 0.1) is 0 Å². The van der Waals surface area contributed by atoms with Gasteiger partial charge in [0.15, 0.2) is 0 Å². The average molecular weight is 225 g/mol. The van der Waals surface area contributed by atoms with Crippen LogP contribution in [0, 0.1) is 5.92 Å². The summed E-state index contributed by atoms with van der Waals surface area (Å²) < 4.78 is 2.55. The molecule has 0 saturated carbocycles. The second kappa shape index (κ2) is 5.01. The molecule has 16 heavy (non-hydrogen) atoms. The van der Waals surface area contributed by atoms with Gasteiger partial charge in [-0.2, -0.15) is 0 Å². The minimum Gasteiger partial charge on any atom is -0.393 e. The predicted octanol–water partition coefficient (Wildman–Crippen LogP) is 0.565. The van der Waals surface area contributed by atoms with Crippen molar-refractivity contribution in [1.82, 2.24) is 9.13 Å². The first-order valence-corrected chi connectivity index (χ1v) is 5.49. The van der Waals surface area contributed by atoms with E-state index in [2.05, 4.69) is 13.8 Å². The molecule has 1 aromatic heterocycles. The first-order chi connectivity index (χ1) is 7.43. The number of rotatable bonds is 4. The highest BCUT2D eigenvalue weighted by molar-refractivity contribution is 5.30. The van der Waals surface area contributed by atoms with Gasteiger partial charge in [0.25, 0.3) is 5.56 Å². The van der Waals surface area contributed by atoms with Crippen molar-refractivity contribution < 1.29 is 0 Å². The lowest BCUT2D eigenvalue weighted by Crippen LogP contribution is -2.39. The number of aryl methyl sites for hydroxylation is 1. The van der Waals surface area contributed by atoms with Gasteiger partial charge in [0, 0.05) is 19.8 Å². The maximum atomic E-state index is 11.7. The number of aromatic nitrogens is 2. The molecule has 0 saturated heterocycles. The summed E-state index contributed by atoms with van der Waals surface area (Å²) in [5, 5.41) is 0. The normalized spacial score (nSPS) is 11.0. The lowest BCUT2D eigenvalue weighted by atomic mass is 10.1. The molecule has 1 rings (SSSR count). The average Bonchev–Trinajstić information content (AvgIpc) is 2.20. The van der Waals surface area contributed by atoms with E-state index in [9.17, 15) is 9.59 Å². The quantitative estimate of drug-likeness (QED) is 0.814. The van der Waals surface area contributed by atoms with Crippen LogP contribution in [0.1, 0.15) is 26.7 Å². The van der Waals surface area contributed by atoms with Crippen LogP contribution in [-0.2, 0) is 13.6 Å². The van der Waals surface area contributed by atoms with E-state index in [4.69, 9.17) is 5.73 Å². The molecule has 2 N–H and O–H groups in total. The van der Waals surface area contributed by atoms with Gasteiger partial charge in [-0.05, 0) is 18.8 Å². The molecule has 0 spiro atoms. The fourth-order valence-electron chi connectivity index (χ4n) is 1.61. The molecular weight excluding hydrogens is 206 g/mol. The van der Waals surface area contributed by atoms with E-state index in [1.54, 1.807) is 7.05 Å². The van der Waals surface area contributed by atoms with Crippen molar-refractivity contribution in [3.8, 4) is 0 Å². The van der Waals surface area contributed by atoms with Crippen molar-refractivity contribution >= 4 is 5.69 Å². The van der Waals surface area contributed by atoms with Crippen LogP contribution in [0.4, 0.5) is 5.69 Å². The van der Waals surface area contributed by atoms with Gasteiger partial charge in [-0.1, -0.05) is 13.8 Å². The molecule has 0 atom stereocenters. The largest absolute Gasteiger partial charge is 0.393 e. The van der Waals surface area contributed by atoms with E-state index in [0.29, 0.717) is 12.5 Å². The summed E-state index contributed by atoms with van der Waals surface area (Å²) >= 11 is 0. The molecule has 5 nitrogen and oxygen atoms in total. The topological polar surface area (TPSA) is 70.0 Å². The fraction of sp³-hybridized carbons (Fsp3) is 0.636. The maximum Gasteiger partial charge on any atom is 0.330 e. The van der Waals surface area contributed by atoms with Crippen LogP contribution >= 0.6 is 0 Å². The van der Waals surface area contributed by atoms with Crippen LogP contribution in [0.3, 0.4) is 0 Å². The molecule has 0 bridgehead atoms. The highest BCUT2D eigenvalue weighted by Gasteiger charge is 2.07. The Morgan fingerprint density at radius 1 is 1.38 bits per heavy atom. The third-order valence-corrected chi connectivity index (χ3v) is 2.52. The molecule has 0 amide bonds. The number of anilines is 1. The van der Waals surface area contributed by atoms with Crippen molar-refractivity contribution in [2.45, 2.75) is 33.2 Å². The summed E-state index contributed by atoms with van der Waals surface area (Å²) in [6.07, 6.45) is 3.17. The number of nitrogen functional groups attached to an aromatic ring is 1. The smallest absolute Gasteiger partial charge is 0.330 e. The molecule has 0 unspecified atom stereocenters. The van der Waals surface area contributed by atoms with Gasteiger partial charge in [-0.3, -0.25) is 9.36 Å². The van der Waals surface area contributed by atoms with Crippen LogP contribution in [0.15, 0.2) is 15.8 Å². The second-order valence-electron chi connectivity index (χ2n) is 4.47. The number of nitrogens with two attached hydrogens (primary N) is 1. The minimum absolute atomic E-state index is 0.117. The van der Waals surface area contributed by atoms with E-state index in [1.165, 1.54) is 15.3 Å². The van der Waals surface area contributed by atoms with Gasteiger partial charge in [0.2, 0.25) is 0 Å². The van der Waals surface area contributed by atoms with E-state index in [-0.39, 0.29) is 16.9 Å². The van der Waals surface area contributed by atoms with Crippen molar-refractivity contribution in [2.75, 3.05) is 5.73 Å². The van der Waals surface area contributed by atoms with E-state index in [0.717, 1.165) is 12.8 Å². The Morgan fingerprint density at radius 2 is 2.00 bits per heavy atom. The molecule has 5 heteroatoms. The molecule has 0 aromatic carbocycles. The molecule has 0 aliphatic heterocycles. The van der Waals surface area contributed by atoms with E-state index in [1.807, 2.05) is 0 Å². The zero-order valence-electron chi connectivity index (χ0n) is 10.1. The van der Waals surface area contributed by atoms with Crippen LogP contribution in [0.25, 0.3) is 0 Å². The van der Waals surface area contributed by atoms with E-state index < -0.39 is 0 Å². The summed E-state index contributed by atoms with van der Waals surface area (Å²) in [6.45, 7) is 4.66. The zero-order chi connectivity index (χ0) is 12.3. The highest BCUT2D eigenvalue weighted by Crippen LogP contribution is 2.03. The fourth-order valence-corrected chi connectivity index (χ4v) is 1.61. The standard InChI is InChI=1S/C11H19N3O2/c1-8(2)5-4-6-14-10(15)9(12)7-13(3)11(14)16/h7-8H,4-6,12H2,1-3H3. The summed E-state index contributed by atoms with van der Waals surface area (Å²) in [5.74, 6) is 0.570. The van der Waals surface area contributed by atoms with Gasteiger partial charge >= 0.3 is 5.69 Å². The molecule has 1 aromatic rings. The lowest BCUT2D eigenvalue weighted by molar-refractivity contribution is 0.488. The Kier molecular flexibility index (Phi) is 3.93. The van der Waals surface area contributed by atoms with Crippen molar-refractivity contribution in [3.63, 3.8) is 0 Å². The summed E-state index contributed by atoms with van der Waals surface area (Å²) in [4.78, 5) is 23.3. The third-order valence-electron chi connectivity index (χ3n) is 2.52. The van der Waals surface area contributed by atoms with Crippen LogP contribution < -0.4 is 17.0 Å². The lowest BCUT2D eigenvalue weighted by Gasteiger charge is -2.09. The predicted molar refractivity (Wildman–Crippen MR) is 64.4 cm³/mol. The SMILES string of the molecule is CC(C)CCCn1c(=O)c(N)cn(C)c1=O. The first-order valence-electron chi connectivity index (χ1n) is 5.49. The monoisotopic (exact) mass is 225 g/mol. The highest BCUT2D eigenvalue weighted by atomic mass is 16.2. The van der Waals surface area contributed by atoms with Crippen molar-refractivity contribution in [3.05, 3.63) is 27.0 Å². The first kappa shape index (κ1) is 12.5. The Hall–Kier alpha value is -1.52. The number of nitrogens with zero attached hydrogens (tertiary/aromatic N) is 2. The molecule has 1 heterocycles. The van der Waals surface area contributed by atoms with Crippen LogP contribution in [0.2, 0.25) is 0 Å². The Balaban J connectivity index is 2.95. The molecular formula is C11H19N3O2. The van der Waals surface area contributed by atoms with Crippen LogP contribution in [0.5, 0.6) is 0 Å². The van der Waals surface area contributed by atoms with E-state index >= 15 is 0 Å². The molecule has 0 aliphatic carbocycles. The van der Waals surface area contributed by atoms with Gasteiger partial charge in [0.1, 0.15) is 5.69 Å². The van der Waals surface area contributed by atoms with Gasteiger partial charge in [-0.15, -0.1) is 0 Å². The van der Waals surface area contributed by atoms with Gasteiger partial charge < -0.3 is 10.3 Å². The number of hydrogen-bond donors (Lipinski definition) is 1. The zero-order valence-corrected chi connectivity index (χ0v) is 10.1. The van der Waals surface area contributed by atoms with Crippen molar-refractivity contribution in [2.24, 2.45) is 13.0 Å². The molecule has 90 valence electrons. The van der Waals surface area contributed by atoms with Crippen molar-refractivity contribution in [1.29, 1.82) is 0 Å². The molecule has 0 aliphatic rings. The molecule has 0 radical (unpaired) electrons. The summed E-state index contributed by atoms with van der Waals surface area (Å²) in [5.41, 5.74) is 4.96. The third kappa shape index (κ3) is 2.74. The Labute approximate surface area is 94.5 Å². The number of hydrogen-bond acceptors (Lipinski definition) is 3. The van der Waals surface area contributed by atoms with Crippen LogP contribution in [-0.4, -0.2) is 9.13 Å². The Bertz CT molecular complexity index is 437. The summed E-state index contributed by atoms with van der Waals surface area (Å²) in [7, 11) is 1.59. The maximum absolute atomic E-state index is 11.7. The summed E-state index contributed by atoms with van der Waals surface area (Å²) in [6, 6.07) is 0. The second-order valence-corrected chi connectivity index (χ2v) is 4.47. The van der Waals surface area contributed by atoms with Gasteiger partial charge in [-0.25, -0.2) is 4.79 Å². The molecule has 0 fully saturated rings. The Morgan fingerprint density at radius 3 is 2.56 bits per heavy atom. The minimum atomic E-state index is -0.383.